The molecule has 0 fully saturated rings. The third-order valence-electron chi connectivity index (χ3n) is 2.38. The van der Waals surface area contributed by atoms with E-state index in [0.717, 1.165) is 5.01 Å². The van der Waals surface area contributed by atoms with Gasteiger partial charge in [0.2, 0.25) is 0 Å². The van der Waals surface area contributed by atoms with Crippen molar-refractivity contribution in [1.29, 1.82) is 0 Å². The lowest BCUT2D eigenvalue weighted by Crippen LogP contribution is -2.40. The molecule has 0 spiro atoms. The van der Waals surface area contributed by atoms with Crippen LogP contribution in [0.15, 0.2) is 11.6 Å². The maximum absolute atomic E-state index is 10.8. The van der Waals surface area contributed by atoms with E-state index >= 15 is 0 Å². The normalized spacial score (nSPS) is 15.4. The van der Waals surface area contributed by atoms with Gasteiger partial charge in [0.1, 0.15) is 5.01 Å². The molecule has 1 heterocycles. The third-order valence-corrected chi connectivity index (χ3v) is 3.40. The van der Waals surface area contributed by atoms with E-state index in [-0.39, 0.29) is 6.42 Å². The molecule has 0 saturated heterocycles. The SMILES string of the molecule is CN(C)C(C)(CC(=O)O)c1nccs1. The van der Waals surface area contributed by atoms with Gasteiger partial charge < -0.3 is 5.11 Å². The van der Waals surface area contributed by atoms with Crippen molar-refractivity contribution in [3.05, 3.63) is 16.6 Å². The Morgan fingerprint density at radius 2 is 2.36 bits per heavy atom. The van der Waals surface area contributed by atoms with E-state index in [1.165, 1.54) is 11.3 Å². The summed E-state index contributed by atoms with van der Waals surface area (Å²) in [6.45, 7) is 1.89. The zero-order valence-electron chi connectivity index (χ0n) is 8.52. The average Bonchev–Trinajstić information content (AvgIpc) is 2.53. The van der Waals surface area contributed by atoms with Crippen molar-refractivity contribution in [2.45, 2.75) is 18.9 Å². The smallest absolute Gasteiger partial charge is 0.305 e. The van der Waals surface area contributed by atoms with E-state index in [1.807, 2.05) is 31.3 Å². The molecule has 0 radical (unpaired) electrons. The second-order valence-electron chi connectivity index (χ2n) is 3.58. The first-order valence-electron chi connectivity index (χ1n) is 4.26. The lowest BCUT2D eigenvalue weighted by Gasteiger charge is -2.33. The number of hydrogen-bond acceptors (Lipinski definition) is 4. The molecule has 1 unspecified atom stereocenters. The molecule has 0 saturated carbocycles. The molecule has 1 aromatic rings. The molecule has 0 aromatic carbocycles. The van der Waals surface area contributed by atoms with Gasteiger partial charge in [0.15, 0.2) is 0 Å². The number of carboxylic acids is 1. The molecule has 1 rings (SSSR count). The van der Waals surface area contributed by atoms with Crippen LogP contribution in [0.2, 0.25) is 0 Å². The lowest BCUT2D eigenvalue weighted by atomic mass is 9.97. The molecule has 14 heavy (non-hydrogen) atoms. The van der Waals surface area contributed by atoms with Crippen LogP contribution in [0.25, 0.3) is 0 Å². The Morgan fingerprint density at radius 3 is 2.71 bits per heavy atom. The van der Waals surface area contributed by atoms with Crippen molar-refractivity contribution < 1.29 is 9.90 Å². The van der Waals surface area contributed by atoms with Gasteiger partial charge in [-0.3, -0.25) is 9.69 Å². The van der Waals surface area contributed by atoms with E-state index in [0.29, 0.717) is 0 Å². The summed E-state index contributed by atoms with van der Waals surface area (Å²) in [5.74, 6) is -0.809. The number of carboxylic acid groups (broad SMARTS) is 1. The van der Waals surface area contributed by atoms with Gasteiger partial charge in [0, 0.05) is 11.6 Å². The summed E-state index contributed by atoms with van der Waals surface area (Å²) in [5.41, 5.74) is -0.514. The summed E-state index contributed by atoms with van der Waals surface area (Å²) in [5, 5.41) is 11.5. The topological polar surface area (TPSA) is 53.4 Å². The summed E-state index contributed by atoms with van der Waals surface area (Å²) in [7, 11) is 3.73. The first-order valence-corrected chi connectivity index (χ1v) is 5.14. The fourth-order valence-corrected chi connectivity index (χ4v) is 2.09. The van der Waals surface area contributed by atoms with Gasteiger partial charge in [-0.05, 0) is 21.0 Å². The second kappa shape index (κ2) is 4.06. The van der Waals surface area contributed by atoms with Crippen LogP contribution in [0.4, 0.5) is 0 Å². The number of carbonyl (C=O) groups is 1. The molecule has 0 aliphatic carbocycles. The molecule has 5 heteroatoms. The number of hydrogen-bond donors (Lipinski definition) is 1. The number of aromatic nitrogens is 1. The van der Waals surface area contributed by atoms with E-state index in [1.54, 1.807) is 6.20 Å². The molecule has 0 amide bonds. The predicted octanol–water partition coefficient (Wildman–Crippen LogP) is 1.39. The Balaban J connectivity index is 2.99. The molecular weight excluding hydrogens is 200 g/mol. The second-order valence-corrected chi connectivity index (χ2v) is 4.47. The fourth-order valence-electron chi connectivity index (χ4n) is 1.21. The summed E-state index contributed by atoms with van der Waals surface area (Å²) >= 11 is 1.48. The average molecular weight is 214 g/mol. The van der Waals surface area contributed by atoms with Crippen LogP contribution in [-0.4, -0.2) is 35.1 Å². The molecule has 1 N–H and O–H groups in total. The van der Waals surface area contributed by atoms with Gasteiger partial charge >= 0.3 is 5.97 Å². The highest BCUT2D eigenvalue weighted by Gasteiger charge is 2.34. The van der Waals surface area contributed by atoms with Crippen molar-refractivity contribution in [1.82, 2.24) is 9.88 Å². The maximum Gasteiger partial charge on any atom is 0.305 e. The van der Waals surface area contributed by atoms with E-state index in [4.69, 9.17) is 5.11 Å². The predicted molar refractivity (Wildman–Crippen MR) is 55.4 cm³/mol. The minimum atomic E-state index is -0.809. The van der Waals surface area contributed by atoms with Crippen molar-refractivity contribution in [2.75, 3.05) is 14.1 Å². The zero-order valence-corrected chi connectivity index (χ0v) is 9.34. The van der Waals surface area contributed by atoms with Gasteiger partial charge in [0.05, 0.1) is 12.0 Å². The number of thiazole rings is 1. The molecule has 0 bridgehead atoms. The van der Waals surface area contributed by atoms with E-state index in [9.17, 15) is 4.79 Å². The first kappa shape index (κ1) is 11.1. The molecule has 4 nitrogen and oxygen atoms in total. The van der Waals surface area contributed by atoms with Crippen LogP contribution < -0.4 is 0 Å². The summed E-state index contributed by atoms with van der Waals surface area (Å²) < 4.78 is 0. The molecule has 0 aliphatic heterocycles. The van der Waals surface area contributed by atoms with Crippen LogP contribution in [0.3, 0.4) is 0 Å². The Kier molecular flexibility index (Phi) is 3.23. The molecule has 78 valence electrons. The number of nitrogens with zero attached hydrogens (tertiary/aromatic N) is 2. The minimum Gasteiger partial charge on any atom is -0.481 e. The van der Waals surface area contributed by atoms with E-state index in [2.05, 4.69) is 4.98 Å². The van der Waals surface area contributed by atoms with Crippen molar-refractivity contribution in [2.24, 2.45) is 0 Å². The van der Waals surface area contributed by atoms with Gasteiger partial charge in [-0.1, -0.05) is 0 Å². The summed E-state index contributed by atoms with van der Waals surface area (Å²) in [4.78, 5) is 16.8. The summed E-state index contributed by atoms with van der Waals surface area (Å²) in [6, 6.07) is 0. The Labute approximate surface area is 87.2 Å². The van der Waals surface area contributed by atoms with Gasteiger partial charge in [-0.2, -0.15) is 0 Å². The standard InChI is InChI=1S/C9H14N2O2S/c1-9(11(2)3,6-7(12)13)8-10-4-5-14-8/h4-5H,6H2,1-3H3,(H,12,13). The Bertz CT molecular complexity index is 311. The van der Waals surface area contributed by atoms with Crippen molar-refractivity contribution >= 4 is 17.3 Å². The van der Waals surface area contributed by atoms with Crippen LogP contribution in [0, 0.1) is 0 Å². The maximum atomic E-state index is 10.8. The highest BCUT2D eigenvalue weighted by molar-refractivity contribution is 7.09. The molecule has 1 atom stereocenters. The quantitative estimate of drug-likeness (QED) is 0.823. The molecule has 1 aromatic heterocycles. The largest absolute Gasteiger partial charge is 0.481 e. The minimum absolute atomic E-state index is 0.0630. The fraction of sp³-hybridized carbons (Fsp3) is 0.556. The number of rotatable bonds is 4. The van der Waals surface area contributed by atoms with Crippen LogP contribution in [-0.2, 0) is 10.3 Å². The number of aliphatic carboxylic acids is 1. The highest BCUT2D eigenvalue weighted by atomic mass is 32.1. The van der Waals surface area contributed by atoms with Gasteiger partial charge in [0.25, 0.3) is 0 Å². The van der Waals surface area contributed by atoms with Crippen LogP contribution in [0.5, 0.6) is 0 Å². The van der Waals surface area contributed by atoms with Crippen LogP contribution in [0.1, 0.15) is 18.4 Å². The highest BCUT2D eigenvalue weighted by Crippen LogP contribution is 2.31. The van der Waals surface area contributed by atoms with Crippen LogP contribution >= 0.6 is 11.3 Å². The summed E-state index contributed by atoms with van der Waals surface area (Å²) in [6.07, 6.45) is 1.76. The Morgan fingerprint density at radius 1 is 1.71 bits per heavy atom. The third kappa shape index (κ3) is 2.10. The Hall–Kier alpha value is -0.940. The lowest BCUT2D eigenvalue weighted by molar-refractivity contribution is -0.140. The first-order chi connectivity index (χ1) is 6.47. The van der Waals surface area contributed by atoms with E-state index < -0.39 is 11.5 Å². The van der Waals surface area contributed by atoms with Gasteiger partial charge in [-0.15, -0.1) is 11.3 Å². The van der Waals surface area contributed by atoms with Crippen molar-refractivity contribution in [3.8, 4) is 0 Å². The van der Waals surface area contributed by atoms with Gasteiger partial charge in [-0.25, -0.2) is 4.98 Å². The monoisotopic (exact) mass is 214 g/mol. The molecular formula is C9H14N2O2S. The molecule has 0 aliphatic rings. The van der Waals surface area contributed by atoms with Crippen molar-refractivity contribution in [3.63, 3.8) is 0 Å². The zero-order chi connectivity index (χ0) is 10.8.